The molecule has 0 spiro atoms. The topological polar surface area (TPSA) is 32.3 Å². The second kappa shape index (κ2) is 6.41. The summed E-state index contributed by atoms with van der Waals surface area (Å²) in [5, 5.41) is 3.16. The van der Waals surface area contributed by atoms with Gasteiger partial charge in [-0.1, -0.05) is 24.3 Å². The van der Waals surface area contributed by atoms with Crippen molar-refractivity contribution >= 4 is 15.2 Å². The zero-order chi connectivity index (χ0) is 13.8. The monoisotopic (exact) mass is 267 g/mol. The maximum atomic E-state index is 10.3. The predicted octanol–water partition coefficient (Wildman–Crippen LogP) is 3.65. The Balaban J connectivity index is 3.14. The average molecular weight is 267 g/mol. The summed E-state index contributed by atoms with van der Waals surface area (Å²) in [5.74, 6) is 0. The number of hydrogen-bond donors (Lipinski definition) is 2. The summed E-state index contributed by atoms with van der Waals surface area (Å²) in [4.78, 5) is 1.08. The van der Waals surface area contributed by atoms with Crippen molar-refractivity contribution in [3.05, 3.63) is 41.0 Å². The second-order valence-corrected chi connectivity index (χ2v) is 7.91. The van der Waals surface area contributed by atoms with Gasteiger partial charge in [0.1, 0.15) is 0 Å². The Kier molecular flexibility index (Phi) is 5.45. The highest BCUT2D eigenvalue weighted by atomic mass is 32.3. The molecule has 1 aromatic rings. The Bertz CT molecular complexity index is 433. The van der Waals surface area contributed by atoms with Gasteiger partial charge < -0.3 is 9.87 Å². The van der Waals surface area contributed by atoms with E-state index >= 15 is 0 Å². The normalized spacial score (nSPS) is 13.8. The van der Waals surface area contributed by atoms with Gasteiger partial charge in [0.15, 0.2) is 0 Å². The maximum absolute atomic E-state index is 10.3. The van der Waals surface area contributed by atoms with Gasteiger partial charge in [0.25, 0.3) is 0 Å². The smallest absolute Gasteiger partial charge is 0.0152 e. The fourth-order valence-corrected chi connectivity index (χ4v) is 3.41. The third-order valence-electron chi connectivity index (χ3n) is 3.03. The van der Waals surface area contributed by atoms with Crippen LogP contribution in [0.4, 0.5) is 0 Å². The molecule has 0 saturated heterocycles. The molecular formula is C15H25NOS. The molecule has 1 rings (SSSR count). The highest BCUT2D eigenvalue weighted by Crippen LogP contribution is 2.50. The lowest BCUT2D eigenvalue weighted by atomic mass is 10.0. The van der Waals surface area contributed by atoms with E-state index in [1.54, 1.807) is 0 Å². The van der Waals surface area contributed by atoms with Crippen molar-refractivity contribution in [3.63, 3.8) is 0 Å². The van der Waals surface area contributed by atoms with Crippen LogP contribution in [0.3, 0.4) is 0 Å². The largest absolute Gasteiger partial charge is 0.348 e. The third-order valence-corrected chi connectivity index (χ3v) is 4.56. The second-order valence-electron chi connectivity index (χ2n) is 4.93. The fraction of sp³-hybridized carbons (Fsp3) is 0.467. The highest BCUT2D eigenvalue weighted by molar-refractivity contribution is 8.35. The number of hydrogen-bond acceptors (Lipinski definition) is 2. The van der Waals surface area contributed by atoms with Gasteiger partial charge >= 0.3 is 0 Å². The Labute approximate surface area is 113 Å². The van der Waals surface area contributed by atoms with Crippen LogP contribution in [0.2, 0.25) is 0 Å². The minimum Gasteiger partial charge on any atom is -0.348 e. The van der Waals surface area contributed by atoms with Crippen LogP contribution in [-0.2, 0) is 6.42 Å². The van der Waals surface area contributed by atoms with Gasteiger partial charge in [0.05, 0.1) is 0 Å². The summed E-state index contributed by atoms with van der Waals surface area (Å²) in [6.07, 6.45) is 6.89. The van der Waals surface area contributed by atoms with Gasteiger partial charge in [0.2, 0.25) is 0 Å². The molecule has 18 heavy (non-hydrogen) atoms. The molecule has 0 saturated carbocycles. The molecule has 2 nitrogen and oxygen atoms in total. The van der Waals surface area contributed by atoms with Crippen molar-refractivity contribution in [1.29, 1.82) is 0 Å². The Morgan fingerprint density at radius 3 is 2.56 bits per heavy atom. The van der Waals surface area contributed by atoms with Gasteiger partial charge in [-0.3, -0.25) is 0 Å². The zero-order valence-electron chi connectivity index (χ0n) is 12.1. The number of nitrogens with one attached hydrogen (secondary N) is 1. The van der Waals surface area contributed by atoms with E-state index in [9.17, 15) is 4.55 Å². The van der Waals surface area contributed by atoms with Crippen LogP contribution in [0, 0.1) is 6.92 Å². The number of likely N-dealkylation sites (N-methyl/N-ethyl adjacent to an activating group) is 1. The van der Waals surface area contributed by atoms with E-state index in [4.69, 9.17) is 0 Å². The van der Waals surface area contributed by atoms with E-state index in [1.807, 2.05) is 32.6 Å². The fourth-order valence-electron chi connectivity index (χ4n) is 2.07. The summed E-state index contributed by atoms with van der Waals surface area (Å²) in [6.45, 7) is 5.08. The minimum absolute atomic E-state index is 0.975. The molecule has 0 aliphatic carbocycles. The van der Waals surface area contributed by atoms with Gasteiger partial charge in [-0.2, -0.15) is 0 Å². The molecule has 0 heterocycles. The first-order chi connectivity index (χ1) is 8.40. The standard InChI is InChI=1S/C15H25NOS/c1-6-15(18(4,5)17)14-11-13(9-10-16-3)8-7-12(14)2/h6-8,11,16-17H,9-10H2,1-5H3. The number of allylic oxidation sites excluding steroid dienone is 1. The van der Waals surface area contributed by atoms with E-state index in [-0.39, 0.29) is 0 Å². The van der Waals surface area contributed by atoms with Crippen LogP contribution in [-0.4, -0.2) is 30.7 Å². The molecule has 3 heteroatoms. The first kappa shape index (κ1) is 15.3. The summed E-state index contributed by atoms with van der Waals surface area (Å²) in [6, 6.07) is 6.53. The van der Waals surface area contributed by atoms with Crippen LogP contribution >= 0.6 is 10.3 Å². The first-order valence-electron chi connectivity index (χ1n) is 6.26. The molecule has 0 fully saturated rings. The molecule has 2 N–H and O–H groups in total. The Morgan fingerprint density at radius 2 is 2.06 bits per heavy atom. The van der Waals surface area contributed by atoms with Crippen molar-refractivity contribution in [1.82, 2.24) is 5.32 Å². The van der Waals surface area contributed by atoms with Crippen molar-refractivity contribution in [2.24, 2.45) is 0 Å². The molecule has 0 unspecified atom stereocenters. The van der Waals surface area contributed by atoms with Crippen molar-refractivity contribution < 1.29 is 4.55 Å². The molecule has 0 aliphatic rings. The molecular weight excluding hydrogens is 242 g/mol. The molecule has 0 radical (unpaired) electrons. The lowest BCUT2D eigenvalue weighted by Gasteiger charge is -2.28. The van der Waals surface area contributed by atoms with Gasteiger partial charge in [-0.15, -0.1) is 10.3 Å². The molecule has 0 bridgehead atoms. The van der Waals surface area contributed by atoms with E-state index in [0.717, 1.165) is 17.9 Å². The SMILES string of the molecule is CC=C(c1cc(CCNC)ccc1C)S(C)(C)O. The predicted molar refractivity (Wildman–Crippen MR) is 84.5 cm³/mol. The van der Waals surface area contributed by atoms with E-state index in [0.29, 0.717) is 0 Å². The van der Waals surface area contributed by atoms with Crippen LogP contribution in [0.25, 0.3) is 4.91 Å². The summed E-state index contributed by atoms with van der Waals surface area (Å²) in [5.41, 5.74) is 3.73. The molecule has 102 valence electrons. The molecule has 0 atom stereocenters. The summed E-state index contributed by atoms with van der Waals surface area (Å²) >= 11 is 0. The minimum atomic E-state index is -1.68. The van der Waals surface area contributed by atoms with Crippen molar-refractivity contribution in [2.45, 2.75) is 20.3 Å². The van der Waals surface area contributed by atoms with Crippen LogP contribution in [0.15, 0.2) is 24.3 Å². The van der Waals surface area contributed by atoms with Gasteiger partial charge in [-0.05, 0) is 63.1 Å². The van der Waals surface area contributed by atoms with E-state index in [1.165, 1.54) is 16.7 Å². The third kappa shape index (κ3) is 3.87. The lowest BCUT2D eigenvalue weighted by Crippen LogP contribution is -2.10. The zero-order valence-corrected chi connectivity index (χ0v) is 12.9. The maximum Gasteiger partial charge on any atom is 0.0152 e. The Morgan fingerprint density at radius 1 is 1.39 bits per heavy atom. The van der Waals surface area contributed by atoms with E-state index < -0.39 is 10.3 Å². The molecule has 0 aromatic heterocycles. The van der Waals surface area contributed by atoms with Crippen LogP contribution < -0.4 is 5.32 Å². The van der Waals surface area contributed by atoms with E-state index in [2.05, 4.69) is 30.4 Å². The molecule has 0 aliphatic heterocycles. The van der Waals surface area contributed by atoms with Crippen molar-refractivity contribution in [2.75, 3.05) is 26.1 Å². The quantitative estimate of drug-likeness (QED) is 0.853. The Hall–Kier alpha value is -0.770. The van der Waals surface area contributed by atoms with Crippen LogP contribution in [0.5, 0.6) is 0 Å². The van der Waals surface area contributed by atoms with Crippen molar-refractivity contribution in [3.8, 4) is 0 Å². The number of benzene rings is 1. The average Bonchev–Trinajstić information content (AvgIpc) is 2.29. The summed E-state index contributed by atoms with van der Waals surface area (Å²) < 4.78 is 10.3. The van der Waals surface area contributed by atoms with Gasteiger partial charge in [0, 0.05) is 4.91 Å². The summed E-state index contributed by atoms with van der Waals surface area (Å²) in [7, 11) is 0.283. The molecule has 0 amide bonds. The van der Waals surface area contributed by atoms with Gasteiger partial charge in [-0.25, -0.2) is 0 Å². The number of rotatable bonds is 5. The number of aryl methyl sites for hydroxylation is 1. The molecule has 1 aromatic carbocycles. The lowest BCUT2D eigenvalue weighted by molar-refractivity contribution is 0.648. The first-order valence-corrected chi connectivity index (χ1v) is 8.67. The van der Waals surface area contributed by atoms with Crippen LogP contribution in [0.1, 0.15) is 23.6 Å². The highest BCUT2D eigenvalue weighted by Gasteiger charge is 2.17.